The Balaban J connectivity index is 2.04. The summed E-state index contributed by atoms with van der Waals surface area (Å²) in [6.07, 6.45) is 2.69. The van der Waals surface area contributed by atoms with Crippen molar-refractivity contribution in [1.82, 2.24) is 5.32 Å². The van der Waals surface area contributed by atoms with Crippen molar-refractivity contribution in [3.8, 4) is 0 Å². The molecule has 0 saturated carbocycles. The second-order valence-corrected chi connectivity index (χ2v) is 6.07. The number of aryl methyl sites for hydroxylation is 1. The van der Waals surface area contributed by atoms with Crippen molar-refractivity contribution in [1.29, 1.82) is 5.41 Å². The average Bonchev–Trinajstić information content (AvgIpc) is 2.59. The predicted octanol–water partition coefficient (Wildman–Crippen LogP) is 1.69. The summed E-state index contributed by atoms with van der Waals surface area (Å²) in [4.78, 5) is 11.1. The number of nitrogen functional groups attached to an aromatic ring is 2. The van der Waals surface area contributed by atoms with E-state index in [-0.39, 0.29) is 18.4 Å². The van der Waals surface area contributed by atoms with Gasteiger partial charge in [0.25, 0.3) is 0 Å². The molecule has 0 aromatic heterocycles. The van der Waals surface area contributed by atoms with Gasteiger partial charge in [-0.15, -0.1) is 0 Å². The second kappa shape index (κ2) is 8.84. The van der Waals surface area contributed by atoms with Crippen LogP contribution in [0.15, 0.2) is 48.5 Å². The second-order valence-electron chi connectivity index (χ2n) is 6.07. The smallest absolute Gasteiger partial charge is 0.231 e. The van der Waals surface area contributed by atoms with Crippen molar-refractivity contribution in [2.75, 3.05) is 12.3 Å². The first-order chi connectivity index (χ1) is 12.0. The zero-order valence-corrected chi connectivity index (χ0v) is 14.2. The molecule has 1 amide bonds. The minimum atomic E-state index is -0.397. The van der Waals surface area contributed by atoms with Crippen LogP contribution in [0.25, 0.3) is 0 Å². The van der Waals surface area contributed by atoms with Crippen LogP contribution in [0.2, 0.25) is 0 Å². The molecule has 2 aromatic rings. The average molecular weight is 339 g/mol. The molecule has 1 unspecified atom stereocenters. The first-order valence-corrected chi connectivity index (χ1v) is 8.26. The van der Waals surface area contributed by atoms with Crippen LogP contribution in [0.1, 0.15) is 35.6 Å². The molecule has 6 heteroatoms. The van der Waals surface area contributed by atoms with Gasteiger partial charge in [0.2, 0.25) is 5.91 Å². The van der Waals surface area contributed by atoms with Gasteiger partial charge in [0.1, 0.15) is 5.84 Å². The summed E-state index contributed by atoms with van der Waals surface area (Å²) in [6, 6.07) is 15.3. The topological polar surface area (TPSA) is 131 Å². The number of hydrogen-bond acceptors (Lipinski definition) is 4. The van der Waals surface area contributed by atoms with Crippen LogP contribution in [-0.2, 0) is 11.2 Å². The molecule has 0 fully saturated rings. The van der Waals surface area contributed by atoms with E-state index in [2.05, 4.69) is 5.32 Å². The Morgan fingerprint density at radius 3 is 2.48 bits per heavy atom. The number of carbonyl (C=O) groups excluding carboxylic acids is 1. The van der Waals surface area contributed by atoms with Gasteiger partial charge < -0.3 is 22.5 Å². The first kappa shape index (κ1) is 18.5. The standard InChI is InChI=1S/C19H25N5O/c20-16-9-7-13(8-10-16)3-1-6-17(24-12-18(21)25)14-4-2-5-15(11-14)19(22)23/h2,4-5,7-11,17,24H,1,3,6,12,20H2,(H2,21,25)(H3,22,23). The van der Waals surface area contributed by atoms with E-state index in [1.165, 1.54) is 5.56 Å². The number of hydrogen-bond donors (Lipinski definition) is 5. The van der Waals surface area contributed by atoms with Gasteiger partial charge in [0, 0.05) is 17.3 Å². The first-order valence-electron chi connectivity index (χ1n) is 8.26. The van der Waals surface area contributed by atoms with Crippen molar-refractivity contribution >= 4 is 17.4 Å². The molecule has 0 aliphatic rings. The zero-order valence-electron chi connectivity index (χ0n) is 14.2. The highest BCUT2D eigenvalue weighted by atomic mass is 16.1. The number of anilines is 1. The van der Waals surface area contributed by atoms with Gasteiger partial charge >= 0.3 is 0 Å². The number of nitrogens with two attached hydrogens (primary N) is 3. The fraction of sp³-hybridized carbons (Fsp3) is 0.263. The summed E-state index contributed by atoms with van der Waals surface area (Å²) in [6.45, 7) is 0.108. The van der Waals surface area contributed by atoms with E-state index in [9.17, 15) is 4.79 Å². The van der Waals surface area contributed by atoms with Crippen molar-refractivity contribution in [3.63, 3.8) is 0 Å². The molecule has 6 nitrogen and oxygen atoms in total. The van der Waals surface area contributed by atoms with Crippen LogP contribution in [0, 0.1) is 5.41 Å². The molecule has 2 rings (SSSR count). The quantitative estimate of drug-likeness (QED) is 0.270. The van der Waals surface area contributed by atoms with Crippen LogP contribution >= 0.6 is 0 Å². The van der Waals surface area contributed by atoms with E-state index in [4.69, 9.17) is 22.6 Å². The number of benzene rings is 2. The van der Waals surface area contributed by atoms with Crippen molar-refractivity contribution in [2.45, 2.75) is 25.3 Å². The number of rotatable bonds is 9. The Labute approximate surface area is 147 Å². The fourth-order valence-electron chi connectivity index (χ4n) is 2.73. The fourth-order valence-corrected chi connectivity index (χ4v) is 2.73. The van der Waals surface area contributed by atoms with E-state index >= 15 is 0 Å². The van der Waals surface area contributed by atoms with Gasteiger partial charge in [0.15, 0.2) is 0 Å². The lowest BCUT2D eigenvalue weighted by Gasteiger charge is -2.19. The largest absolute Gasteiger partial charge is 0.399 e. The van der Waals surface area contributed by atoms with Gasteiger partial charge in [-0.2, -0.15) is 0 Å². The van der Waals surface area contributed by atoms with Crippen LogP contribution in [0.3, 0.4) is 0 Å². The van der Waals surface area contributed by atoms with Gasteiger partial charge in [-0.05, 0) is 48.6 Å². The minimum absolute atomic E-state index is 0.0253. The van der Waals surface area contributed by atoms with Gasteiger partial charge in [0.05, 0.1) is 6.54 Å². The Kier molecular flexibility index (Phi) is 6.54. The lowest BCUT2D eigenvalue weighted by molar-refractivity contribution is -0.117. The van der Waals surface area contributed by atoms with Gasteiger partial charge in [-0.1, -0.05) is 30.3 Å². The van der Waals surface area contributed by atoms with Crippen molar-refractivity contribution < 1.29 is 4.79 Å². The molecule has 1 atom stereocenters. The molecule has 0 aliphatic heterocycles. The molecule has 0 spiro atoms. The van der Waals surface area contributed by atoms with Gasteiger partial charge in [-0.25, -0.2) is 0 Å². The monoisotopic (exact) mass is 339 g/mol. The third-order valence-electron chi connectivity index (χ3n) is 4.06. The maximum Gasteiger partial charge on any atom is 0.231 e. The van der Waals surface area contributed by atoms with Crippen LogP contribution in [0.4, 0.5) is 5.69 Å². The van der Waals surface area contributed by atoms with E-state index in [0.717, 1.165) is 30.5 Å². The number of carbonyl (C=O) groups is 1. The third kappa shape index (κ3) is 5.93. The summed E-state index contributed by atoms with van der Waals surface area (Å²) in [5, 5.41) is 10.8. The predicted molar refractivity (Wildman–Crippen MR) is 101 cm³/mol. The van der Waals surface area contributed by atoms with Gasteiger partial charge in [-0.3, -0.25) is 10.2 Å². The number of amidine groups is 1. The highest BCUT2D eigenvalue weighted by Crippen LogP contribution is 2.21. The Hall–Kier alpha value is -2.86. The van der Waals surface area contributed by atoms with Crippen molar-refractivity contribution in [3.05, 3.63) is 65.2 Å². The molecule has 0 bridgehead atoms. The summed E-state index contributed by atoms with van der Waals surface area (Å²) in [5.74, 6) is -0.372. The Morgan fingerprint density at radius 1 is 1.12 bits per heavy atom. The number of primary amides is 1. The van der Waals surface area contributed by atoms with Crippen LogP contribution in [-0.4, -0.2) is 18.3 Å². The molecule has 132 valence electrons. The van der Waals surface area contributed by atoms with E-state index in [1.807, 2.05) is 42.5 Å². The molecular weight excluding hydrogens is 314 g/mol. The lowest BCUT2D eigenvalue weighted by atomic mass is 9.97. The summed E-state index contributed by atoms with van der Waals surface area (Å²) >= 11 is 0. The molecule has 0 saturated heterocycles. The van der Waals surface area contributed by atoms with Crippen LogP contribution < -0.4 is 22.5 Å². The van der Waals surface area contributed by atoms with E-state index in [0.29, 0.717) is 5.56 Å². The van der Waals surface area contributed by atoms with E-state index < -0.39 is 5.91 Å². The summed E-state index contributed by atoms with van der Waals surface area (Å²) in [5.41, 5.74) is 20.2. The third-order valence-corrected chi connectivity index (χ3v) is 4.06. The molecule has 25 heavy (non-hydrogen) atoms. The maximum atomic E-state index is 11.1. The highest BCUT2D eigenvalue weighted by Gasteiger charge is 2.13. The molecule has 0 aliphatic carbocycles. The number of amides is 1. The van der Waals surface area contributed by atoms with Crippen molar-refractivity contribution in [2.24, 2.45) is 11.5 Å². The summed E-state index contributed by atoms with van der Waals surface area (Å²) in [7, 11) is 0. The zero-order chi connectivity index (χ0) is 18.2. The Bertz CT molecular complexity index is 727. The summed E-state index contributed by atoms with van der Waals surface area (Å²) < 4.78 is 0. The van der Waals surface area contributed by atoms with E-state index in [1.54, 1.807) is 6.07 Å². The molecule has 0 heterocycles. The Morgan fingerprint density at radius 2 is 1.84 bits per heavy atom. The normalized spacial score (nSPS) is 11.8. The SMILES string of the molecule is N=C(N)c1cccc(C(CCCc2ccc(N)cc2)NCC(N)=O)c1. The lowest BCUT2D eigenvalue weighted by Crippen LogP contribution is -2.32. The molecule has 2 aromatic carbocycles. The highest BCUT2D eigenvalue weighted by molar-refractivity contribution is 5.95. The van der Waals surface area contributed by atoms with Crippen LogP contribution in [0.5, 0.6) is 0 Å². The number of nitrogens with one attached hydrogen (secondary N) is 2. The molecule has 8 N–H and O–H groups in total. The minimum Gasteiger partial charge on any atom is -0.399 e. The molecular formula is C19H25N5O. The maximum absolute atomic E-state index is 11.1. The molecule has 0 radical (unpaired) electrons.